The van der Waals surface area contributed by atoms with Crippen molar-refractivity contribution in [2.45, 2.75) is 6.18 Å². The molecule has 0 saturated heterocycles. The Hall–Kier alpha value is -3.01. The van der Waals surface area contributed by atoms with Crippen molar-refractivity contribution in [2.75, 3.05) is 5.32 Å². The lowest BCUT2D eigenvalue weighted by Gasteiger charge is -2.10. The molecule has 3 aromatic rings. The van der Waals surface area contributed by atoms with Crippen LogP contribution in [-0.2, 0) is 6.18 Å². The van der Waals surface area contributed by atoms with E-state index < -0.39 is 35.0 Å². The van der Waals surface area contributed by atoms with E-state index >= 15 is 0 Å². The second-order valence-corrected chi connectivity index (χ2v) is 6.16. The van der Waals surface area contributed by atoms with Crippen LogP contribution >= 0.6 is 11.3 Å². The highest BCUT2D eigenvalue weighted by Crippen LogP contribution is 2.33. The normalized spacial score (nSPS) is 11.5. The van der Waals surface area contributed by atoms with E-state index in [0.29, 0.717) is 16.3 Å². The van der Waals surface area contributed by atoms with Crippen LogP contribution in [0.1, 0.15) is 26.3 Å². The molecule has 5 nitrogen and oxygen atoms in total. The fourth-order valence-electron chi connectivity index (χ4n) is 2.20. The zero-order valence-corrected chi connectivity index (χ0v) is 13.4. The van der Waals surface area contributed by atoms with Crippen LogP contribution in [0.25, 0.3) is 10.2 Å². The highest BCUT2D eigenvalue weighted by molar-refractivity contribution is 7.22. The third-order valence-corrected chi connectivity index (χ3v) is 4.34. The summed E-state index contributed by atoms with van der Waals surface area (Å²) < 4.78 is 52.6. The summed E-state index contributed by atoms with van der Waals surface area (Å²) in [4.78, 5) is 27.1. The predicted molar refractivity (Wildman–Crippen MR) is 85.9 cm³/mol. The average Bonchev–Trinajstić information content (AvgIpc) is 2.94. The molecule has 10 heteroatoms. The molecule has 0 fully saturated rings. The van der Waals surface area contributed by atoms with Gasteiger partial charge in [0.25, 0.3) is 5.91 Å². The molecule has 134 valence electrons. The number of nitrogens with one attached hydrogen (secondary N) is 1. The molecule has 0 aliphatic carbocycles. The molecule has 0 spiro atoms. The van der Waals surface area contributed by atoms with E-state index in [0.717, 1.165) is 23.5 Å². The van der Waals surface area contributed by atoms with Crippen LogP contribution in [0.5, 0.6) is 0 Å². The Morgan fingerprint density at radius 2 is 1.88 bits per heavy atom. The molecule has 0 aliphatic heterocycles. The Bertz CT molecular complexity index is 1030. The molecular formula is C16H8F4N2O3S. The van der Waals surface area contributed by atoms with Gasteiger partial charge in [-0.1, -0.05) is 17.4 Å². The van der Waals surface area contributed by atoms with Crippen LogP contribution in [0, 0.1) is 5.82 Å². The van der Waals surface area contributed by atoms with Gasteiger partial charge in [0, 0.05) is 0 Å². The van der Waals surface area contributed by atoms with Crippen molar-refractivity contribution >= 4 is 38.6 Å². The lowest BCUT2D eigenvalue weighted by atomic mass is 10.1. The first-order valence-electron chi connectivity index (χ1n) is 6.98. The molecule has 0 unspecified atom stereocenters. The maximum absolute atomic E-state index is 14.0. The predicted octanol–water partition coefficient (Wildman–Crippen LogP) is 4.40. The molecule has 0 atom stereocenters. The van der Waals surface area contributed by atoms with Gasteiger partial charge in [0.15, 0.2) is 5.13 Å². The number of anilines is 1. The van der Waals surface area contributed by atoms with Gasteiger partial charge in [-0.15, -0.1) is 0 Å². The third-order valence-electron chi connectivity index (χ3n) is 3.40. The minimum atomic E-state index is -4.93. The number of carbonyl (C=O) groups is 2. The molecule has 0 bridgehead atoms. The van der Waals surface area contributed by atoms with Gasteiger partial charge in [0.1, 0.15) is 5.82 Å². The number of fused-ring (bicyclic) bond motifs is 1. The van der Waals surface area contributed by atoms with E-state index in [9.17, 15) is 27.2 Å². The zero-order chi connectivity index (χ0) is 19.1. The van der Waals surface area contributed by atoms with Crippen molar-refractivity contribution in [3.8, 4) is 0 Å². The second-order valence-electron chi connectivity index (χ2n) is 5.13. The maximum atomic E-state index is 14.0. The van der Waals surface area contributed by atoms with Crippen LogP contribution in [-0.4, -0.2) is 22.0 Å². The number of amides is 1. The number of benzene rings is 2. The molecular weight excluding hydrogens is 376 g/mol. The average molecular weight is 384 g/mol. The van der Waals surface area contributed by atoms with Crippen LogP contribution < -0.4 is 5.32 Å². The summed E-state index contributed by atoms with van der Waals surface area (Å²) in [6.07, 6.45) is -4.93. The molecule has 1 amide bonds. The summed E-state index contributed by atoms with van der Waals surface area (Å²) in [5.41, 5.74) is -1.91. The van der Waals surface area contributed by atoms with Gasteiger partial charge in [-0.25, -0.2) is 14.2 Å². The maximum Gasteiger partial charge on any atom is 0.419 e. The standard InChI is InChI=1S/C16H8F4N2O3S/c17-12-8(2-1-3-9(12)16(18,19)20)13(23)22-15-21-10-5-4-7(14(24)25)6-11(10)26-15/h1-6H,(H,24,25)(H,21,22,23). The van der Waals surface area contributed by atoms with Crippen molar-refractivity contribution in [1.29, 1.82) is 0 Å². The molecule has 26 heavy (non-hydrogen) atoms. The Morgan fingerprint density at radius 3 is 2.54 bits per heavy atom. The Morgan fingerprint density at radius 1 is 1.15 bits per heavy atom. The number of carboxylic acids is 1. The van der Waals surface area contributed by atoms with Crippen LogP contribution in [0.2, 0.25) is 0 Å². The summed E-state index contributed by atoms with van der Waals surface area (Å²) in [5.74, 6) is -3.91. The molecule has 2 N–H and O–H groups in total. The monoisotopic (exact) mass is 384 g/mol. The zero-order valence-electron chi connectivity index (χ0n) is 12.6. The van der Waals surface area contributed by atoms with E-state index in [2.05, 4.69) is 10.3 Å². The van der Waals surface area contributed by atoms with E-state index in [-0.39, 0.29) is 10.7 Å². The molecule has 1 heterocycles. The van der Waals surface area contributed by atoms with Gasteiger partial charge in [-0.05, 0) is 30.3 Å². The summed E-state index contributed by atoms with van der Waals surface area (Å²) in [7, 11) is 0. The van der Waals surface area contributed by atoms with Gasteiger partial charge >= 0.3 is 12.1 Å². The van der Waals surface area contributed by atoms with Crippen molar-refractivity contribution in [1.82, 2.24) is 4.98 Å². The Balaban J connectivity index is 1.91. The summed E-state index contributed by atoms with van der Waals surface area (Å²) in [6, 6.07) is 6.49. The number of rotatable bonds is 3. The highest BCUT2D eigenvalue weighted by atomic mass is 32.1. The first-order chi connectivity index (χ1) is 12.2. The van der Waals surface area contributed by atoms with Crippen LogP contribution in [0.15, 0.2) is 36.4 Å². The Labute approximate surface area is 146 Å². The van der Waals surface area contributed by atoms with E-state index in [1.807, 2.05) is 0 Å². The number of hydrogen-bond donors (Lipinski definition) is 2. The molecule has 0 saturated carbocycles. The Kier molecular flexibility index (Phi) is 4.36. The summed E-state index contributed by atoms with van der Waals surface area (Å²) >= 11 is 0.916. The number of thiazole rings is 1. The number of carboxylic acid groups (broad SMARTS) is 1. The van der Waals surface area contributed by atoms with Crippen molar-refractivity contribution < 1.29 is 32.3 Å². The van der Waals surface area contributed by atoms with Gasteiger partial charge < -0.3 is 5.11 Å². The molecule has 3 rings (SSSR count). The van der Waals surface area contributed by atoms with Gasteiger partial charge in [0.2, 0.25) is 0 Å². The molecule has 0 aliphatic rings. The molecule has 2 aromatic carbocycles. The fraction of sp³-hybridized carbons (Fsp3) is 0.0625. The molecule has 1 aromatic heterocycles. The number of aromatic nitrogens is 1. The second kappa shape index (κ2) is 6.37. The topological polar surface area (TPSA) is 79.3 Å². The SMILES string of the molecule is O=C(O)c1ccc2nc(NC(=O)c3cccc(C(F)(F)F)c3F)sc2c1. The van der Waals surface area contributed by atoms with Crippen molar-refractivity contribution in [2.24, 2.45) is 0 Å². The number of halogens is 4. The smallest absolute Gasteiger partial charge is 0.419 e. The van der Waals surface area contributed by atoms with Crippen LogP contribution in [0.3, 0.4) is 0 Å². The highest BCUT2D eigenvalue weighted by Gasteiger charge is 2.35. The number of aromatic carboxylic acids is 1. The van der Waals surface area contributed by atoms with Crippen LogP contribution in [0.4, 0.5) is 22.7 Å². The fourth-order valence-corrected chi connectivity index (χ4v) is 3.10. The quantitative estimate of drug-likeness (QED) is 0.656. The molecule has 0 radical (unpaired) electrons. The van der Waals surface area contributed by atoms with Gasteiger partial charge in [-0.3, -0.25) is 10.1 Å². The lowest BCUT2D eigenvalue weighted by Crippen LogP contribution is -2.17. The van der Waals surface area contributed by atoms with Gasteiger partial charge in [-0.2, -0.15) is 13.2 Å². The largest absolute Gasteiger partial charge is 0.478 e. The minimum Gasteiger partial charge on any atom is -0.478 e. The number of alkyl halides is 3. The summed E-state index contributed by atoms with van der Waals surface area (Å²) in [5, 5.41) is 11.2. The first kappa shape index (κ1) is 17.8. The minimum absolute atomic E-state index is 0.00403. The number of carbonyl (C=O) groups excluding carboxylic acids is 1. The van der Waals surface area contributed by atoms with Gasteiger partial charge in [0.05, 0.1) is 26.9 Å². The number of hydrogen-bond acceptors (Lipinski definition) is 4. The summed E-state index contributed by atoms with van der Waals surface area (Å²) in [6.45, 7) is 0. The first-order valence-corrected chi connectivity index (χ1v) is 7.79. The van der Waals surface area contributed by atoms with Crippen molar-refractivity contribution in [3.63, 3.8) is 0 Å². The number of nitrogens with zero attached hydrogens (tertiary/aromatic N) is 1. The van der Waals surface area contributed by atoms with E-state index in [1.165, 1.54) is 18.2 Å². The van der Waals surface area contributed by atoms with Crippen molar-refractivity contribution in [3.05, 3.63) is 58.9 Å². The third kappa shape index (κ3) is 3.36. The van der Waals surface area contributed by atoms with E-state index in [4.69, 9.17) is 5.11 Å². The lowest BCUT2D eigenvalue weighted by molar-refractivity contribution is -0.140. The van der Waals surface area contributed by atoms with E-state index in [1.54, 1.807) is 0 Å².